The maximum absolute atomic E-state index is 6.33. The summed E-state index contributed by atoms with van der Waals surface area (Å²) in [5.41, 5.74) is 9.51. The standard InChI is InChI=1S/C16H20BrN3S/c1-4-14(18)15(12-6-5-7-13(17)9-12)21-16-19-10(2)8-11(3)20-16/h5-9,14-15H,4,18H2,1-3H3. The molecule has 5 heteroatoms. The Morgan fingerprint density at radius 1 is 1.19 bits per heavy atom. The number of aromatic nitrogens is 2. The molecule has 112 valence electrons. The molecule has 0 bridgehead atoms. The first-order valence-electron chi connectivity index (χ1n) is 6.99. The smallest absolute Gasteiger partial charge is 0.188 e. The Labute approximate surface area is 138 Å². The molecule has 0 amide bonds. The molecule has 1 aromatic heterocycles. The molecule has 1 heterocycles. The summed E-state index contributed by atoms with van der Waals surface area (Å²) in [6.45, 7) is 6.10. The first kappa shape index (κ1) is 16.5. The van der Waals surface area contributed by atoms with Crippen molar-refractivity contribution in [2.75, 3.05) is 0 Å². The third-order valence-electron chi connectivity index (χ3n) is 3.23. The zero-order valence-electron chi connectivity index (χ0n) is 12.5. The Bertz CT molecular complexity index is 598. The van der Waals surface area contributed by atoms with E-state index in [1.807, 2.05) is 32.0 Å². The summed E-state index contributed by atoms with van der Waals surface area (Å²) in [6.07, 6.45) is 0.912. The maximum atomic E-state index is 6.33. The fraction of sp³-hybridized carbons (Fsp3) is 0.375. The number of rotatable bonds is 5. The van der Waals surface area contributed by atoms with Gasteiger partial charge in [0.25, 0.3) is 0 Å². The third kappa shape index (κ3) is 4.53. The molecule has 2 N–H and O–H groups in total. The summed E-state index contributed by atoms with van der Waals surface area (Å²) in [5.74, 6) is 0. The number of hydrogen-bond acceptors (Lipinski definition) is 4. The van der Waals surface area contributed by atoms with Gasteiger partial charge in [-0.1, -0.05) is 46.7 Å². The molecule has 0 fully saturated rings. The third-order valence-corrected chi connectivity index (χ3v) is 4.99. The van der Waals surface area contributed by atoms with E-state index < -0.39 is 0 Å². The average molecular weight is 366 g/mol. The Morgan fingerprint density at radius 3 is 2.43 bits per heavy atom. The van der Waals surface area contributed by atoms with Crippen LogP contribution in [-0.2, 0) is 0 Å². The minimum Gasteiger partial charge on any atom is -0.326 e. The zero-order valence-corrected chi connectivity index (χ0v) is 14.9. The van der Waals surface area contributed by atoms with Gasteiger partial charge in [0, 0.05) is 21.9 Å². The lowest BCUT2D eigenvalue weighted by Crippen LogP contribution is -2.25. The van der Waals surface area contributed by atoms with Crippen LogP contribution in [0.2, 0.25) is 0 Å². The number of thioether (sulfide) groups is 1. The fourth-order valence-corrected chi connectivity index (χ4v) is 3.85. The number of nitrogens with two attached hydrogens (primary N) is 1. The molecule has 0 aliphatic heterocycles. The fourth-order valence-electron chi connectivity index (χ4n) is 2.16. The van der Waals surface area contributed by atoms with Gasteiger partial charge in [-0.15, -0.1) is 0 Å². The van der Waals surface area contributed by atoms with Gasteiger partial charge in [-0.05, 0) is 44.0 Å². The van der Waals surface area contributed by atoms with Crippen LogP contribution in [0.3, 0.4) is 0 Å². The summed E-state index contributed by atoms with van der Waals surface area (Å²) < 4.78 is 1.07. The minimum atomic E-state index is 0.0636. The Kier molecular flexibility index (Phi) is 5.79. The number of hydrogen-bond donors (Lipinski definition) is 1. The van der Waals surface area contributed by atoms with E-state index in [0.29, 0.717) is 0 Å². The first-order valence-corrected chi connectivity index (χ1v) is 8.67. The van der Waals surface area contributed by atoms with Crippen molar-refractivity contribution in [3.05, 3.63) is 51.8 Å². The van der Waals surface area contributed by atoms with E-state index in [1.54, 1.807) is 11.8 Å². The summed E-state index contributed by atoms with van der Waals surface area (Å²) in [4.78, 5) is 9.05. The molecule has 1 aromatic carbocycles. The predicted octanol–water partition coefficient (Wildman–Crippen LogP) is 4.43. The molecule has 2 aromatic rings. The van der Waals surface area contributed by atoms with Crippen molar-refractivity contribution in [3.8, 4) is 0 Å². The van der Waals surface area contributed by atoms with Gasteiger partial charge in [-0.25, -0.2) is 9.97 Å². The number of aryl methyl sites for hydroxylation is 2. The average Bonchev–Trinajstić information content (AvgIpc) is 2.43. The highest BCUT2D eigenvalue weighted by molar-refractivity contribution is 9.10. The zero-order chi connectivity index (χ0) is 15.4. The van der Waals surface area contributed by atoms with Gasteiger partial charge in [-0.2, -0.15) is 0 Å². The normalized spacial score (nSPS) is 14.0. The van der Waals surface area contributed by atoms with E-state index in [-0.39, 0.29) is 11.3 Å². The number of halogens is 1. The van der Waals surface area contributed by atoms with Gasteiger partial charge in [0.2, 0.25) is 0 Å². The topological polar surface area (TPSA) is 51.8 Å². The predicted molar refractivity (Wildman–Crippen MR) is 92.5 cm³/mol. The molecule has 0 aliphatic rings. The van der Waals surface area contributed by atoms with Crippen LogP contribution in [0.1, 0.15) is 35.5 Å². The largest absolute Gasteiger partial charge is 0.326 e. The summed E-state index contributed by atoms with van der Waals surface area (Å²) in [5, 5.41) is 0.940. The molecular weight excluding hydrogens is 346 g/mol. The molecule has 3 nitrogen and oxygen atoms in total. The molecule has 2 unspecified atom stereocenters. The monoisotopic (exact) mass is 365 g/mol. The highest BCUT2D eigenvalue weighted by Crippen LogP contribution is 2.37. The van der Waals surface area contributed by atoms with Crippen LogP contribution in [0.15, 0.2) is 40.0 Å². The molecule has 0 radical (unpaired) electrons. The number of benzene rings is 1. The molecule has 0 saturated heterocycles. The molecule has 2 rings (SSSR count). The maximum Gasteiger partial charge on any atom is 0.188 e. The second-order valence-corrected chi connectivity index (χ2v) is 7.12. The first-order chi connectivity index (χ1) is 9.99. The van der Waals surface area contributed by atoms with E-state index in [4.69, 9.17) is 5.73 Å². The quantitative estimate of drug-likeness (QED) is 0.628. The van der Waals surface area contributed by atoms with Crippen molar-refractivity contribution in [2.45, 2.75) is 43.6 Å². The lowest BCUT2D eigenvalue weighted by Gasteiger charge is -2.22. The van der Waals surface area contributed by atoms with Crippen LogP contribution in [0.4, 0.5) is 0 Å². The highest BCUT2D eigenvalue weighted by atomic mass is 79.9. The van der Waals surface area contributed by atoms with E-state index in [1.165, 1.54) is 5.56 Å². The molecule has 2 atom stereocenters. The van der Waals surface area contributed by atoms with E-state index >= 15 is 0 Å². The van der Waals surface area contributed by atoms with Crippen LogP contribution < -0.4 is 5.73 Å². The lowest BCUT2D eigenvalue weighted by molar-refractivity contribution is 0.632. The summed E-state index contributed by atoms with van der Waals surface area (Å²) in [6, 6.07) is 10.3. The molecular formula is C16H20BrN3S. The van der Waals surface area contributed by atoms with Gasteiger partial charge < -0.3 is 5.73 Å². The van der Waals surface area contributed by atoms with Crippen LogP contribution >= 0.6 is 27.7 Å². The number of nitrogens with zero attached hydrogens (tertiary/aromatic N) is 2. The molecule has 21 heavy (non-hydrogen) atoms. The second kappa shape index (κ2) is 7.38. The second-order valence-electron chi connectivity index (χ2n) is 5.10. The van der Waals surface area contributed by atoms with Crippen LogP contribution in [0, 0.1) is 13.8 Å². The van der Waals surface area contributed by atoms with Gasteiger partial charge in [0.15, 0.2) is 5.16 Å². The minimum absolute atomic E-state index is 0.0636. The Morgan fingerprint density at radius 2 is 1.86 bits per heavy atom. The molecule has 0 aliphatic carbocycles. The van der Waals surface area contributed by atoms with Crippen LogP contribution in [-0.4, -0.2) is 16.0 Å². The van der Waals surface area contributed by atoms with Gasteiger partial charge in [-0.3, -0.25) is 0 Å². The van der Waals surface area contributed by atoms with E-state index in [2.05, 4.69) is 45.0 Å². The van der Waals surface area contributed by atoms with Crippen molar-refractivity contribution in [2.24, 2.45) is 5.73 Å². The van der Waals surface area contributed by atoms with E-state index in [0.717, 1.165) is 27.4 Å². The van der Waals surface area contributed by atoms with Gasteiger partial charge in [0.05, 0.1) is 5.25 Å². The van der Waals surface area contributed by atoms with E-state index in [9.17, 15) is 0 Å². The van der Waals surface area contributed by atoms with Crippen LogP contribution in [0.25, 0.3) is 0 Å². The van der Waals surface area contributed by atoms with Gasteiger partial charge >= 0.3 is 0 Å². The summed E-state index contributed by atoms with van der Waals surface area (Å²) >= 11 is 5.17. The van der Waals surface area contributed by atoms with Crippen molar-refractivity contribution < 1.29 is 0 Å². The molecule has 0 saturated carbocycles. The highest BCUT2D eigenvalue weighted by Gasteiger charge is 2.21. The van der Waals surface area contributed by atoms with Crippen LogP contribution in [0.5, 0.6) is 0 Å². The molecule has 0 spiro atoms. The Hall–Kier alpha value is -0.910. The lowest BCUT2D eigenvalue weighted by atomic mass is 10.0. The van der Waals surface area contributed by atoms with Crippen molar-refractivity contribution in [1.82, 2.24) is 9.97 Å². The Balaban J connectivity index is 2.32. The summed E-state index contributed by atoms with van der Waals surface area (Å²) in [7, 11) is 0. The van der Waals surface area contributed by atoms with Gasteiger partial charge in [0.1, 0.15) is 0 Å². The van der Waals surface area contributed by atoms with Crippen molar-refractivity contribution >= 4 is 27.7 Å². The van der Waals surface area contributed by atoms with Crippen molar-refractivity contribution in [3.63, 3.8) is 0 Å². The SMILES string of the molecule is CCC(N)C(Sc1nc(C)cc(C)n1)c1cccc(Br)c1. The van der Waals surface area contributed by atoms with Crippen molar-refractivity contribution in [1.29, 1.82) is 0 Å².